The van der Waals surface area contributed by atoms with Crippen LogP contribution in [0.1, 0.15) is 26.7 Å². The third kappa shape index (κ3) is 5.36. The number of hydrogen-bond donors (Lipinski definition) is 0. The number of benzene rings is 3. The van der Waals surface area contributed by atoms with Crippen molar-refractivity contribution in [3.63, 3.8) is 0 Å². The predicted octanol–water partition coefficient (Wildman–Crippen LogP) is 5.68. The van der Waals surface area contributed by atoms with Crippen LogP contribution < -0.4 is 4.74 Å². The molecule has 0 spiro atoms. The van der Waals surface area contributed by atoms with Gasteiger partial charge in [0.25, 0.3) is 0 Å². The van der Waals surface area contributed by atoms with Crippen LogP contribution in [0, 0.1) is 0 Å². The van der Waals surface area contributed by atoms with E-state index in [4.69, 9.17) is 14.2 Å². The Morgan fingerprint density at radius 3 is 2.21 bits per heavy atom. The van der Waals surface area contributed by atoms with Gasteiger partial charge in [-0.2, -0.15) is 0 Å². The van der Waals surface area contributed by atoms with Crippen molar-refractivity contribution in [1.29, 1.82) is 0 Å². The number of hydrogen-bond acceptors (Lipinski definition) is 4. The summed E-state index contributed by atoms with van der Waals surface area (Å²) in [6.45, 7) is 8.54. The topological polar surface area (TPSA) is 44.8 Å². The first-order valence-electron chi connectivity index (χ1n) is 10.1. The van der Waals surface area contributed by atoms with E-state index in [1.807, 2.05) is 36.4 Å². The Hall–Kier alpha value is -2.85. The fourth-order valence-corrected chi connectivity index (χ4v) is 3.13. The molecule has 1 atom stereocenters. The Kier molecular flexibility index (Phi) is 7.25. The van der Waals surface area contributed by atoms with Gasteiger partial charge in [0.05, 0.1) is 6.61 Å². The number of rotatable bonds is 10. The standard InChI is InChI=1S/C25H28O4/c1-4-5-14-27-16-21(29-25(26)18(2)3)17-28-24-22-12-8-6-10-19(22)15-20-11-7-9-13-23(20)24/h6-13,15,21H,2,4-5,14,16-17H2,1,3H3. The highest BCUT2D eigenvalue weighted by Gasteiger charge is 2.18. The molecule has 0 aliphatic carbocycles. The number of ether oxygens (including phenoxy) is 3. The highest BCUT2D eigenvalue weighted by molar-refractivity contribution is 6.05. The highest BCUT2D eigenvalue weighted by Crippen LogP contribution is 2.34. The maximum absolute atomic E-state index is 12.0. The van der Waals surface area contributed by atoms with Crippen LogP contribution in [0.15, 0.2) is 66.7 Å². The van der Waals surface area contributed by atoms with Crippen molar-refractivity contribution < 1.29 is 19.0 Å². The SMILES string of the molecule is C=C(C)C(=O)OC(COCCCC)COc1c2ccccc2cc2ccccc12. The van der Waals surface area contributed by atoms with Crippen molar-refractivity contribution >= 4 is 27.5 Å². The Morgan fingerprint density at radius 2 is 1.62 bits per heavy atom. The van der Waals surface area contributed by atoms with Crippen LogP contribution in [-0.2, 0) is 14.3 Å². The Balaban J connectivity index is 1.84. The molecule has 0 amide bonds. The molecular weight excluding hydrogens is 364 g/mol. The molecule has 0 radical (unpaired) electrons. The minimum Gasteiger partial charge on any atom is -0.488 e. The second kappa shape index (κ2) is 10.1. The lowest BCUT2D eigenvalue weighted by Gasteiger charge is -2.20. The van der Waals surface area contributed by atoms with Crippen LogP contribution in [0.25, 0.3) is 21.5 Å². The van der Waals surface area contributed by atoms with Gasteiger partial charge < -0.3 is 14.2 Å². The normalized spacial score (nSPS) is 12.1. The van der Waals surface area contributed by atoms with Gasteiger partial charge in [-0.05, 0) is 30.2 Å². The fraction of sp³-hybridized carbons (Fsp3) is 0.320. The summed E-state index contributed by atoms with van der Waals surface area (Å²) in [4.78, 5) is 12.0. The van der Waals surface area contributed by atoms with E-state index < -0.39 is 12.1 Å². The molecule has 3 aromatic carbocycles. The van der Waals surface area contributed by atoms with Crippen molar-refractivity contribution in [2.45, 2.75) is 32.8 Å². The molecule has 0 saturated carbocycles. The van der Waals surface area contributed by atoms with E-state index in [9.17, 15) is 4.79 Å². The van der Waals surface area contributed by atoms with Gasteiger partial charge in [0.2, 0.25) is 0 Å². The van der Waals surface area contributed by atoms with Crippen molar-refractivity contribution in [3.05, 3.63) is 66.7 Å². The second-order valence-corrected chi connectivity index (χ2v) is 7.20. The van der Waals surface area contributed by atoms with Crippen LogP contribution in [0.4, 0.5) is 0 Å². The fourth-order valence-electron chi connectivity index (χ4n) is 3.13. The molecule has 29 heavy (non-hydrogen) atoms. The summed E-state index contributed by atoms with van der Waals surface area (Å²) in [5, 5.41) is 4.28. The smallest absolute Gasteiger partial charge is 0.333 e. The Morgan fingerprint density at radius 1 is 1.00 bits per heavy atom. The van der Waals surface area contributed by atoms with Gasteiger partial charge in [-0.3, -0.25) is 0 Å². The van der Waals surface area contributed by atoms with E-state index in [0.717, 1.165) is 40.1 Å². The van der Waals surface area contributed by atoms with Crippen molar-refractivity contribution in [1.82, 2.24) is 0 Å². The van der Waals surface area contributed by atoms with Crippen LogP contribution in [0.2, 0.25) is 0 Å². The van der Waals surface area contributed by atoms with Gasteiger partial charge in [-0.25, -0.2) is 4.79 Å². The predicted molar refractivity (Wildman–Crippen MR) is 117 cm³/mol. The minimum atomic E-state index is -0.506. The number of fused-ring (bicyclic) bond motifs is 2. The van der Waals surface area contributed by atoms with E-state index in [0.29, 0.717) is 18.8 Å². The quantitative estimate of drug-likeness (QED) is 0.193. The van der Waals surface area contributed by atoms with Crippen molar-refractivity contribution in [2.75, 3.05) is 19.8 Å². The summed E-state index contributed by atoms with van der Waals surface area (Å²) in [6.07, 6.45) is 1.51. The molecule has 0 bridgehead atoms. The Labute approximate surface area is 172 Å². The molecule has 0 aliphatic rings. The first-order valence-corrected chi connectivity index (χ1v) is 10.1. The van der Waals surface area contributed by atoms with Crippen LogP contribution in [-0.4, -0.2) is 31.9 Å². The summed E-state index contributed by atoms with van der Waals surface area (Å²) in [7, 11) is 0. The largest absolute Gasteiger partial charge is 0.488 e. The molecule has 3 aromatic rings. The van der Waals surface area contributed by atoms with E-state index >= 15 is 0 Å². The first kappa shape index (κ1) is 20.9. The number of unbranched alkanes of at least 4 members (excludes halogenated alkanes) is 1. The summed E-state index contributed by atoms with van der Waals surface area (Å²) < 4.78 is 17.5. The third-order valence-corrected chi connectivity index (χ3v) is 4.70. The lowest BCUT2D eigenvalue weighted by Crippen LogP contribution is -2.30. The Bertz CT molecular complexity index is 938. The molecule has 0 saturated heterocycles. The van der Waals surface area contributed by atoms with Crippen LogP contribution in [0.5, 0.6) is 5.75 Å². The molecule has 152 valence electrons. The van der Waals surface area contributed by atoms with Crippen molar-refractivity contribution in [3.8, 4) is 5.75 Å². The molecule has 0 aliphatic heterocycles. The minimum absolute atomic E-state index is 0.211. The van der Waals surface area contributed by atoms with Gasteiger partial charge in [-0.1, -0.05) is 68.5 Å². The first-order chi connectivity index (χ1) is 14.1. The average molecular weight is 392 g/mol. The van der Waals surface area contributed by atoms with E-state index in [1.165, 1.54) is 0 Å². The number of esters is 1. The molecule has 0 N–H and O–H groups in total. The van der Waals surface area contributed by atoms with E-state index in [2.05, 4.69) is 31.7 Å². The summed E-state index contributed by atoms with van der Waals surface area (Å²) in [5.74, 6) is 0.365. The lowest BCUT2D eigenvalue weighted by molar-refractivity contribution is -0.149. The third-order valence-electron chi connectivity index (χ3n) is 4.70. The molecular formula is C25H28O4. The van der Waals surface area contributed by atoms with Crippen LogP contribution in [0.3, 0.4) is 0 Å². The maximum Gasteiger partial charge on any atom is 0.333 e. The maximum atomic E-state index is 12.0. The van der Waals surface area contributed by atoms with E-state index in [-0.39, 0.29) is 6.61 Å². The molecule has 0 heterocycles. The average Bonchev–Trinajstić information content (AvgIpc) is 2.73. The van der Waals surface area contributed by atoms with Crippen LogP contribution >= 0.6 is 0 Å². The second-order valence-electron chi connectivity index (χ2n) is 7.20. The zero-order valence-electron chi connectivity index (χ0n) is 17.1. The lowest BCUT2D eigenvalue weighted by atomic mass is 10.0. The van der Waals surface area contributed by atoms with Gasteiger partial charge in [0, 0.05) is 23.0 Å². The van der Waals surface area contributed by atoms with Gasteiger partial charge >= 0.3 is 5.97 Å². The monoisotopic (exact) mass is 392 g/mol. The highest BCUT2D eigenvalue weighted by atomic mass is 16.6. The zero-order valence-corrected chi connectivity index (χ0v) is 17.1. The van der Waals surface area contributed by atoms with Crippen molar-refractivity contribution in [2.24, 2.45) is 0 Å². The molecule has 1 unspecified atom stereocenters. The number of carbonyl (C=O) groups is 1. The molecule has 0 aromatic heterocycles. The van der Waals surface area contributed by atoms with Gasteiger partial charge in [0.15, 0.2) is 6.10 Å². The summed E-state index contributed by atoms with van der Waals surface area (Å²) in [6, 6.07) is 18.4. The summed E-state index contributed by atoms with van der Waals surface area (Å²) in [5.41, 5.74) is 0.360. The summed E-state index contributed by atoms with van der Waals surface area (Å²) >= 11 is 0. The molecule has 3 rings (SSSR count). The zero-order chi connectivity index (χ0) is 20.6. The molecule has 0 fully saturated rings. The number of carbonyl (C=O) groups excluding carboxylic acids is 1. The van der Waals surface area contributed by atoms with Gasteiger partial charge in [0.1, 0.15) is 12.4 Å². The van der Waals surface area contributed by atoms with E-state index in [1.54, 1.807) is 6.92 Å². The molecule has 4 nitrogen and oxygen atoms in total. The van der Waals surface area contributed by atoms with Gasteiger partial charge in [-0.15, -0.1) is 0 Å². The molecule has 4 heteroatoms.